The largest absolute Gasteiger partial charge is 0.479 e. The number of amides is 1. The van der Waals surface area contributed by atoms with E-state index in [1.807, 2.05) is 0 Å². The molecule has 0 aliphatic heterocycles. The molecule has 0 bridgehead atoms. The molecule has 98 valence electrons. The molecule has 6 heteroatoms. The van der Waals surface area contributed by atoms with Gasteiger partial charge in [0.25, 0.3) is 0 Å². The Kier molecular flexibility index (Phi) is 4.25. The van der Waals surface area contributed by atoms with E-state index < -0.39 is 23.7 Å². The minimum atomic E-state index is -1.22. The van der Waals surface area contributed by atoms with Crippen LogP contribution in [0, 0.1) is 0 Å². The molecule has 0 saturated heterocycles. The lowest BCUT2D eigenvalue weighted by Gasteiger charge is -2.21. The molecule has 1 aromatic rings. The highest BCUT2D eigenvalue weighted by Crippen LogP contribution is 2.12. The highest BCUT2D eigenvalue weighted by atomic mass is 16.6. The summed E-state index contributed by atoms with van der Waals surface area (Å²) in [7, 11) is 0. The van der Waals surface area contributed by atoms with Gasteiger partial charge in [-0.2, -0.15) is 0 Å². The van der Waals surface area contributed by atoms with Crippen LogP contribution in [0.5, 0.6) is 0 Å². The zero-order valence-corrected chi connectivity index (χ0v) is 10.5. The SMILES string of the molecule is CC(C)(C)OC(=O)N[C@@H](C(=O)O)c1ccccn1. The average Bonchev–Trinajstić information content (AvgIpc) is 2.24. The molecule has 0 unspecified atom stereocenters. The summed E-state index contributed by atoms with van der Waals surface area (Å²) in [5.41, 5.74) is -0.437. The number of hydrogen-bond acceptors (Lipinski definition) is 4. The molecule has 2 N–H and O–H groups in total. The van der Waals surface area contributed by atoms with E-state index in [0.29, 0.717) is 0 Å². The third-order valence-electron chi connectivity index (χ3n) is 1.89. The number of carbonyl (C=O) groups excluding carboxylic acids is 1. The molecule has 1 heterocycles. The van der Waals surface area contributed by atoms with Crippen LogP contribution in [0.2, 0.25) is 0 Å². The number of nitrogens with zero attached hydrogens (tertiary/aromatic N) is 1. The van der Waals surface area contributed by atoms with Crippen molar-refractivity contribution in [1.29, 1.82) is 0 Å². The van der Waals surface area contributed by atoms with Crippen molar-refractivity contribution in [2.45, 2.75) is 32.4 Å². The summed E-state index contributed by atoms with van der Waals surface area (Å²) in [6.07, 6.45) is 0.669. The number of ether oxygens (including phenoxy) is 1. The molecule has 1 atom stereocenters. The second-order valence-corrected chi connectivity index (χ2v) is 4.67. The van der Waals surface area contributed by atoms with E-state index in [4.69, 9.17) is 9.84 Å². The molecule has 0 saturated carbocycles. The number of carboxylic acids is 1. The first kappa shape index (κ1) is 14.0. The van der Waals surface area contributed by atoms with Gasteiger partial charge in [0.05, 0.1) is 5.69 Å². The number of nitrogens with one attached hydrogen (secondary N) is 1. The molecule has 0 radical (unpaired) electrons. The molecule has 1 amide bonds. The van der Waals surface area contributed by atoms with Gasteiger partial charge >= 0.3 is 12.1 Å². The Bertz CT molecular complexity index is 425. The van der Waals surface area contributed by atoms with Gasteiger partial charge in [0, 0.05) is 6.20 Å². The first-order valence-corrected chi connectivity index (χ1v) is 5.43. The van der Waals surface area contributed by atoms with Crippen molar-refractivity contribution in [3.8, 4) is 0 Å². The third-order valence-corrected chi connectivity index (χ3v) is 1.89. The predicted octanol–water partition coefficient (Wildman–Crippen LogP) is 1.73. The lowest BCUT2D eigenvalue weighted by atomic mass is 10.2. The van der Waals surface area contributed by atoms with Gasteiger partial charge in [0.1, 0.15) is 5.60 Å². The molecule has 18 heavy (non-hydrogen) atoms. The van der Waals surface area contributed by atoms with E-state index in [2.05, 4.69) is 10.3 Å². The zero-order chi connectivity index (χ0) is 13.8. The van der Waals surface area contributed by atoms with Crippen LogP contribution in [0.3, 0.4) is 0 Å². The Hall–Kier alpha value is -2.11. The molecule has 0 aromatic carbocycles. The van der Waals surface area contributed by atoms with Crippen LogP contribution in [0.15, 0.2) is 24.4 Å². The van der Waals surface area contributed by atoms with Crippen LogP contribution in [0.4, 0.5) is 4.79 Å². The van der Waals surface area contributed by atoms with Crippen molar-refractivity contribution >= 4 is 12.1 Å². The summed E-state index contributed by atoms with van der Waals surface area (Å²) in [6.45, 7) is 5.09. The predicted molar refractivity (Wildman–Crippen MR) is 64.0 cm³/mol. The van der Waals surface area contributed by atoms with E-state index in [9.17, 15) is 9.59 Å². The number of alkyl carbamates (subject to hydrolysis) is 1. The Morgan fingerprint density at radius 1 is 1.39 bits per heavy atom. The van der Waals surface area contributed by atoms with Crippen LogP contribution in [0.25, 0.3) is 0 Å². The monoisotopic (exact) mass is 252 g/mol. The van der Waals surface area contributed by atoms with Crippen molar-refractivity contribution in [1.82, 2.24) is 10.3 Å². The Morgan fingerprint density at radius 2 is 2.06 bits per heavy atom. The van der Waals surface area contributed by atoms with E-state index in [1.54, 1.807) is 32.9 Å². The van der Waals surface area contributed by atoms with Gasteiger partial charge in [0.15, 0.2) is 6.04 Å². The number of hydrogen-bond donors (Lipinski definition) is 2. The van der Waals surface area contributed by atoms with Crippen molar-refractivity contribution in [2.24, 2.45) is 0 Å². The summed E-state index contributed by atoms with van der Waals surface area (Å²) in [5.74, 6) is -1.19. The minimum absolute atomic E-state index is 0.246. The number of aromatic nitrogens is 1. The Labute approximate surface area is 105 Å². The maximum absolute atomic E-state index is 11.5. The molecule has 1 aromatic heterocycles. The molecule has 6 nitrogen and oxygen atoms in total. The lowest BCUT2D eigenvalue weighted by Crippen LogP contribution is -2.38. The van der Waals surface area contributed by atoms with Crippen LogP contribution in [0.1, 0.15) is 32.5 Å². The minimum Gasteiger partial charge on any atom is -0.479 e. The van der Waals surface area contributed by atoms with E-state index in [0.717, 1.165) is 0 Å². The molecule has 0 fully saturated rings. The van der Waals surface area contributed by atoms with Crippen molar-refractivity contribution in [3.63, 3.8) is 0 Å². The number of carbonyl (C=O) groups is 2. The summed E-state index contributed by atoms with van der Waals surface area (Å²) >= 11 is 0. The third kappa shape index (κ3) is 4.40. The molecule has 0 aliphatic carbocycles. The molecule has 1 rings (SSSR count). The summed E-state index contributed by atoms with van der Waals surface area (Å²) in [6, 6.07) is 3.61. The van der Waals surface area contributed by atoms with Crippen LogP contribution >= 0.6 is 0 Å². The maximum Gasteiger partial charge on any atom is 0.408 e. The fourth-order valence-corrected chi connectivity index (χ4v) is 1.23. The second kappa shape index (κ2) is 5.48. The van der Waals surface area contributed by atoms with E-state index >= 15 is 0 Å². The van der Waals surface area contributed by atoms with Gasteiger partial charge in [-0.3, -0.25) is 4.98 Å². The van der Waals surface area contributed by atoms with Gasteiger partial charge < -0.3 is 15.2 Å². The number of pyridine rings is 1. The molecular formula is C12H16N2O4. The van der Waals surface area contributed by atoms with Crippen LogP contribution in [-0.2, 0) is 9.53 Å². The van der Waals surface area contributed by atoms with Gasteiger partial charge in [0.2, 0.25) is 0 Å². The maximum atomic E-state index is 11.5. The van der Waals surface area contributed by atoms with Crippen LogP contribution in [-0.4, -0.2) is 27.8 Å². The smallest absolute Gasteiger partial charge is 0.408 e. The van der Waals surface area contributed by atoms with Gasteiger partial charge in [-0.1, -0.05) is 6.07 Å². The summed E-state index contributed by atoms with van der Waals surface area (Å²) in [4.78, 5) is 26.5. The number of aliphatic carboxylic acids is 1. The molecule has 0 spiro atoms. The highest BCUT2D eigenvalue weighted by molar-refractivity contribution is 5.80. The van der Waals surface area contributed by atoms with Gasteiger partial charge in [-0.15, -0.1) is 0 Å². The van der Waals surface area contributed by atoms with Gasteiger partial charge in [-0.05, 0) is 32.9 Å². The fraction of sp³-hybridized carbons (Fsp3) is 0.417. The second-order valence-electron chi connectivity index (χ2n) is 4.67. The average molecular weight is 252 g/mol. The van der Waals surface area contributed by atoms with E-state index in [-0.39, 0.29) is 5.69 Å². The summed E-state index contributed by atoms with van der Waals surface area (Å²) in [5, 5.41) is 11.3. The number of rotatable bonds is 3. The summed E-state index contributed by atoms with van der Waals surface area (Å²) < 4.78 is 5.00. The molecule has 0 aliphatic rings. The Morgan fingerprint density at radius 3 is 2.50 bits per heavy atom. The van der Waals surface area contributed by atoms with Crippen molar-refractivity contribution < 1.29 is 19.4 Å². The quantitative estimate of drug-likeness (QED) is 0.855. The normalized spacial score (nSPS) is 12.6. The van der Waals surface area contributed by atoms with Crippen molar-refractivity contribution in [2.75, 3.05) is 0 Å². The van der Waals surface area contributed by atoms with Gasteiger partial charge in [-0.25, -0.2) is 9.59 Å². The lowest BCUT2D eigenvalue weighted by molar-refractivity contribution is -0.139. The number of carboxylic acid groups (broad SMARTS) is 1. The fourth-order valence-electron chi connectivity index (χ4n) is 1.23. The van der Waals surface area contributed by atoms with E-state index in [1.165, 1.54) is 12.3 Å². The first-order valence-electron chi connectivity index (χ1n) is 5.43. The standard InChI is InChI=1S/C12H16N2O4/c1-12(2,3)18-11(17)14-9(10(15)16)8-6-4-5-7-13-8/h4-7,9H,1-3H3,(H,14,17)(H,15,16)/t9-/m1/s1. The molecular weight excluding hydrogens is 236 g/mol. The Balaban J connectivity index is 2.77. The topological polar surface area (TPSA) is 88.5 Å². The zero-order valence-electron chi connectivity index (χ0n) is 10.5. The highest BCUT2D eigenvalue weighted by Gasteiger charge is 2.26. The van der Waals surface area contributed by atoms with Crippen LogP contribution < -0.4 is 5.32 Å². The van der Waals surface area contributed by atoms with Crippen molar-refractivity contribution in [3.05, 3.63) is 30.1 Å². The first-order chi connectivity index (χ1) is 8.29.